The van der Waals surface area contributed by atoms with Crippen LogP contribution in [0.5, 0.6) is 5.88 Å². The van der Waals surface area contributed by atoms with E-state index < -0.39 is 23.1 Å². The molecular formula is C20H19ClF2N4O2. The molecule has 0 saturated heterocycles. The van der Waals surface area contributed by atoms with Crippen LogP contribution in [0.4, 0.5) is 8.78 Å². The summed E-state index contributed by atoms with van der Waals surface area (Å²) in [7, 11) is 0. The molecule has 1 aromatic heterocycles. The van der Waals surface area contributed by atoms with Crippen molar-refractivity contribution in [2.75, 3.05) is 6.61 Å². The van der Waals surface area contributed by atoms with Gasteiger partial charge in [0.2, 0.25) is 11.8 Å². The number of amides is 1. The second-order valence-corrected chi connectivity index (χ2v) is 8.33. The molecule has 9 heteroatoms. The third kappa shape index (κ3) is 3.81. The van der Waals surface area contributed by atoms with Gasteiger partial charge in [0.1, 0.15) is 23.1 Å². The lowest BCUT2D eigenvalue weighted by Crippen LogP contribution is -2.69. The summed E-state index contributed by atoms with van der Waals surface area (Å²) in [6.07, 6.45) is 4.65. The molecule has 1 amide bonds. The fourth-order valence-electron chi connectivity index (χ4n) is 4.50. The Kier molecular flexibility index (Phi) is 4.98. The lowest BCUT2D eigenvalue weighted by atomic mass is 9.35. The van der Waals surface area contributed by atoms with Crippen LogP contribution < -0.4 is 10.1 Å². The van der Waals surface area contributed by atoms with Gasteiger partial charge in [0.15, 0.2) is 0 Å². The first-order valence-electron chi connectivity index (χ1n) is 9.19. The lowest BCUT2D eigenvalue weighted by Gasteiger charge is -2.68. The van der Waals surface area contributed by atoms with Crippen molar-refractivity contribution in [3.63, 3.8) is 0 Å². The molecule has 2 N–H and O–H groups in total. The van der Waals surface area contributed by atoms with Crippen molar-refractivity contribution in [1.29, 1.82) is 5.41 Å². The van der Waals surface area contributed by atoms with Gasteiger partial charge in [0, 0.05) is 24.0 Å². The number of aromatic nitrogens is 2. The van der Waals surface area contributed by atoms with Crippen molar-refractivity contribution in [1.82, 2.24) is 15.3 Å². The molecule has 2 bridgehead atoms. The molecule has 0 radical (unpaired) electrons. The average molecular weight is 421 g/mol. The standard InChI is InChI=1S/C20H19ClF2N4O2/c21-16-6-17(26-11-25-16)29-10-19-7-20(8-19,9-19)18(28)27-15(1-2-24)12-3-13(22)5-14(23)4-12/h2-6,11,15,24H,1,7-10H2,(H,27,28). The van der Waals surface area contributed by atoms with Gasteiger partial charge in [-0.3, -0.25) is 4.79 Å². The summed E-state index contributed by atoms with van der Waals surface area (Å²) in [5, 5.41) is 10.5. The van der Waals surface area contributed by atoms with Crippen molar-refractivity contribution < 1.29 is 18.3 Å². The fraction of sp³-hybridized carbons (Fsp3) is 0.400. The zero-order valence-electron chi connectivity index (χ0n) is 15.4. The SMILES string of the molecule is N=CCC(NC(=O)C12CC(COc3cc(Cl)ncn3)(C1)C2)c1cc(F)cc(F)c1. The minimum atomic E-state index is -0.712. The highest BCUT2D eigenvalue weighted by Gasteiger charge is 2.71. The minimum absolute atomic E-state index is 0.0588. The smallest absolute Gasteiger partial charge is 0.226 e. The maximum Gasteiger partial charge on any atom is 0.226 e. The fourth-order valence-corrected chi connectivity index (χ4v) is 4.64. The highest BCUT2D eigenvalue weighted by Crippen LogP contribution is 2.73. The largest absolute Gasteiger partial charge is 0.477 e. The molecule has 3 aliphatic rings. The molecule has 1 atom stereocenters. The molecule has 152 valence electrons. The summed E-state index contributed by atoms with van der Waals surface area (Å²) in [6.45, 7) is 0.439. The molecule has 5 rings (SSSR count). The molecule has 0 aliphatic heterocycles. The third-order valence-electron chi connectivity index (χ3n) is 5.70. The Hall–Kier alpha value is -2.61. The zero-order valence-corrected chi connectivity index (χ0v) is 16.2. The molecule has 1 heterocycles. The van der Waals surface area contributed by atoms with Crippen LogP contribution in [0.2, 0.25) is 5.15 Å². The number of hydrogen-bond donors (Lipinski definition) is 2. The zero-order chi connectivity index (χ0) is 20.6. The van der Waals surface area contributed by atoms with Gasteiger partial charge in [-0.25, -0.2) is 18.7 Å². The summed E-state index contributed by atoms with van der Waals surface area (Å²) in [5.41, 5.74) is -0.222. The molecule has 2 aromatic rings. The molecule has 29 heavy (non-hydrogen) atoms. The predicted molar refractivity (Wildman–Crippen MR) is 102 cm³/mol. The summed E-state index contributed by atoms with van der Waals surface area (Å²) >= 11 is 5.81. The number of rotatable bonds is 8. The maximum absolute atomic E-state index is 13.5. The van der Waals surface area contributed by atoms with Crippen LogP contribution in [0, 0.1) is 27.9 Å². The highest BCUT2D eigenvalue weighted by molar-refractivity contribution is 6.29. The molecule has 3 aliphatic carbocycles. The monoisotopic (exact) mass is 420 g/mol. The van der Waals surface area contributed by atoms with Gasteiger partial charge in [-0.1, -0.05) is 11.6 Å². The molecule has 6 nitrogen and oxygen atoms in total. The predicted octanol–water partition coefficient (Wildman–Crippen LogP) is 3.85. The van der Waals surface area contributed by atoms with Crippen LogP contribution >= 0.6 is 11.6 Å². The molecule has 3 saturated carbocycles. The Labute approximate surface area is 171 Å². The molecular weight excluding hydrogens is 402 g/mol. The molecule has 3 fully saturated rings. The highest BCUT2D eigenvalue weighted by atomic mass is 35.5. The van der Waals surface area contributed by atoms with E-state index in [9.17, 15) is 13.6 Å². The van der Waals surface area contributed by atoms with E-state index in [4.69, 9.17) is 21.7 Å². The van der Waals surface area contributed by atoms with Gasteiger partial charge in [-0.15, -0.1) is 0 Å². The summed E-state index contributed by atoms with van der Waals surface area (Å²) in [4.78, 5) is 20.6. The van der Waals surface area contributed by atoms with Gasteiger partial charge in [-0.05, 0) is 43.2 Å². The maximum atomic E-state index is 13.5. The second kappa shape index (κ2) is 7.33. The Balaban J connectivity index is 1.35. The lowest BCUT2D eigenvalue weighted by molar-refractivity contribution is -0.218. The van der Waals surface area contributed by atoms with Crippen LogP contribution in [0.3, 0.4) is 0 Å². The van der Waals surface area contributed by atoms with E-state index in [1.54, 1.807) is 0 Å². The first-order chi connectivity index (χ1) is 13.8. The first-order valence-corrected chi connectivity index (χ1v) is 9.57. The summed E-state index contributed by atoms with van der Waals surface area (Å²) in [6, 6.07) is 4.04. The Morgan fingerprint density at radius 3 is 2.55 bits per heavy atom. The van der Waals surface area contributed by atoms with E-state index >= 15 is 0 Å². The molecule has 0 spiro atoms. The summed E-state index contributed by atoms with van der Waals surface area (Å²) in [5.74, 6) is -1.18. The van der Waals surface area contributed by atoms with Gasteiger partial charge in [-0.2, -0.15) is 0 Å². The van der Waals surface area contributed by atoms with Gasteiger partial charge in [0.25, 0.3) is 0 Å². The third-order valence-corrected chi connectivity index (χ3v) is 5.91. The Morgan fingerprint density at radius 1 is 1.24 bits per heavy atom. The number of nitrogens with zero attached hydrogens (tertiary/aromatic N) is 2. The average Bonchev–Trinajstić information content (AvgIpc) is 2.58. The molecule has 1 unspecified atom stereocenters. The number of halogens is 3. The normalized spacial score (nSPS) is 25.3. The number of carbonyl (C=O) groups excluding carboxylic acids is 1. The van der Waals surface area contributed by atoms with Gasteiger partial charge < -0.3 is 15.5 Å². The van der Waals surface area contributed by atoms with Gasteiger partial charge in [0.05, 0.1) is 18.1 Å². The Morgan fingerprint density at radius 2 is 1.93 bits per heavy atom. The minimum Gasteiger partial charge on any atom is -0.477 e. The topological polar surface area (TPSA) is 88.0 Å². The van der Waals surface area contributed by atoms with Crippen molar-refractivity contribution in [2.24, 2.45) is 10.8 Å². The molecule has 1 aromatic carbocycles. The Bertz CT molecular complexity index is 931. The second-order valence-electron chi connectivity index (χ2n) is 7.95. The van der Waals surface area contributed by atoms with Crippen molar-refractivity contribution >= 4 is 23.7 Å². The van der Waals surface area contributed by atoms with E-state index in [-0.39, 0.29) is 17.7 Å². The first kappa shape index (κ1) is 19.7. The summed E-state index contributed by atoms with van der Waals surface area (Å²) < 4.78 is 32.8. The van der Waals surface area contributed by atoms with Crippen LogP contribution in [-0.2, 0) is 4.79 Å². The van der Waals surface area contributed by atoms with E-state index in [0.717, 1.165) is 12.3 Å². The van der Waals surface area contributed by atoms with E-state index in [1.807, 2.05) is 0 Å². The van der Waals surface area contributed by atoms with E-state index in [2.05, 4.69) is 15.3 Å². The van der Waals surface area contributed by atoms with Crippen LogP contribution in [0.15, 0.2) is 30.6 Å². The van der Waals surface area contributed by atoms with Crippen molar-refractivity contribution in [2.45, 2.75) is 31.7 Å². The van der Waals surface area contributed by atoms with Crippen LogP contribution in [0.25, 0.3) is 0 Å². The van der Waals surface area contributed by atoms with Gasteiger partial charge >= 0.3 is 0 Å². The van der Waals surface area contributed by atoms with E-state index in [1.165, 1.54) is 24.5 Å². The number of carbonyl (C=O) groups is 1. The number of benzene rings is 1. The van der Waals surface area contributed by atoms with Crippen molar-refractivity contribution in [3.8, 4) is 5.88 Å². The number of ether oxygens (including phenoxy) is 1. The van der Waals surface area contributed by atoms with Crippen LogP contribution in [-0.4, -0.2) is 28.7 Å². The van der Waals surface area contributed by atoms with Crippen LogP contribution in [0.1, 0.15) is 37.3 Å². The number of nitrogens with one attached hydrogen (secondary N) is 2. The van der Waals surface area contributed by atoms with E-state index in [0.29, 0.717) is 42.5 Å². The van der Waals surface area contributed by atoms with Crippen molar-refractivity contribution in [3.05, 3.63) is 52.9 Å². The number of hydrogen-bond acceptors (Lipinski definition) is 5. The quantitative estimate of drug-likeness (QED) is 0.501.